The summed E-state index contributed by atoms with van der Waals surface area (Å²) >= 11 is 6.18. The highest BCUT2D eigenvalue weighted by Gasteiger charge is 2.32. The van der Waals surface area contributed by atoms with E-state index in [0.29, 0.717) is 41.7 Å². The van der Waals surface area contributed by atoms with Crippen LogP contribution >= 0.6 is 11.6 Å². The van der Waals surface area contributed by atoms with Crippen molar-refractivity contribution >= 4 is 29.6 Å². The highest BCUT2D eigenvalue weighted by atomic mass is 35.5. The van der Waals surface area contributed by atoms with Crippen LogP contribution in [0.4, 0.5) is 4.79 Å². The highest BCUT2D eigenvalue weighted by molar-refractivity contribution is 6.32. The largest absolute Gasteiger partial charge is 0.491 e. The molecule has 1 aliphatic heterocycles. The van der Waals surface area contributed by atoms with E-state index in [9.17, 15) is 9.59 Å². The molecule has 2 rings (SSSR count). The molecule has 1 heterocycles. The molecule has 23 heavy (non-hydrogen) atoms. The maximum atomic E-state index is 12.2. The molecule has 0 aromatic heterocycles. The van der Waals surface area contributed by atoms with Gasteiger partial charge in [0.15, 0.2) is 11.5 Å². The fourth-order valence-corrected chi connectivity index (χ4v) is 2.59. The summed E-state index contributed by atoms with van der Waals surface area (Å²) in [6.45, 7) is 4.59. The minimum absolute atomic E-state index is 0.215. The summed E-state index contributed by atoms with van der Waals surface area (Å²) in [4.78, 5) is 25.2. The Morgan fingerprint density at radius 3 is 2.65 bits per heavy atom. The van der Waals surface area contributed by atoms with Crippen molar-refractivity contribution in [2.45, 2.75) is 20.3 Å². The van der Waals surface area contributed by atoms with E-state index in [4.69, 9.17) is 21.1 Å². The fourth-order valence-electron chi connectivity index (χ4n) is 2.30. The van der Waals surface area contributed by atoms with E-state index in [1.165, 1.54) is 12.0 Å². The van der Waals surface area contributed by atoms with Crippen molar-refractivity contribution in [3.8, 4) is 11.5 Å². The Morgan fingerprint density at radius 2 is 2.04 bits per heavy atom. The van der Waals surface area contributed by atoms with Crippen LogP contribution in [0.5, 0.6) is 11.5 Å². The maximum absolute atomic E-state index is 12.2. The Hall–Kier alpha value is -2.21. The minimum Gasteiger partial charge on any atom is -0.491 e. The molecule has 0 bridgehead atoms. The molecule has 1 aromatic rings. The lowest BCUT2D eigenvalue weighted by Gasteiger charge is -2.12. The monoisotopic (exact) mass is 338 g/mol. The predicted molar refractivity (Wildman–Crippen MR) is 87.7 cm³/mol. The number of ether oxygens (including phenoxy) is 2. The van der Waals surface area contributed by atoms with Gasteiger partial charge in [0.1, 0.15) is 5.70 Å². The molecule has 1 fully saturated rings. The van der Waals surface area contributed by atoms with Crippen LogP contribution in [0.2, 0.25) is 5.02 Å². The van der Waals surface area contributed by atoms with Crippen molar-refractivity contribution in [2.75, 3.05) is 20.3 Å². The van der Waals surface area contributed by atoms with Crippen LogP contribution in [0.15, 0.2) is 17.8 Å². The lowest BCUT2D eigenvalue weighted by Crippen LogP contribution is -2.31. The topological polar surface area (TPSA) is 67.9 Å². The summed E-state index contributed by atoms with van der Waals surface area (Å²) in [6, 6.07) is 2.95. The van der Waals surface area contributed by atoms with Crippen molar-refractivity contribution in [3.63, 3.8) is 0 Å². The van der Waals surface area contributed by atoms with Gasteiger partial charge in [0.05, 0.1) is 18.7 Å². The zero-order valence-electron chi connectivity index (χ0n) is 13.3. The van der Waals surface area contributed by atoms with Crippen LogP contribution in [0.25, 0.3) is 6.08 Å². The molecule has 0 radical (unpaired) electrons. The summed E-state index contributed by atoms with van der Waals surface area (Å²) in [6.07, 6.45) is 2.28. The predicted octanol–water partition coefficient (Wildman–Crippen LogP) is 3.05. The molecule has 0 saturated carbocycles. The Balaban J connectivity index is 2.36. The molecule has 0 aliphatic carbocycles. The Labute approximate surface area is 140 Å². The number of urea groups is 1. The molecule has 7 heteroatoms. The first-order chi connectivity index (χ1) is 11.0. The first-order valence-electron chi connectivity index (χ1n) is 7.36. The second-order valence-electron chi connectivity index (χ2n) is 4.91. The number of imide groups is 1. The van der Waals surface area contributed by atoms with Crippen molar-refractivity contribution in [2.24, 2.45) is 0 Å². The number of methoxy groups -OCH3 is 1. The SMILES string of the molecule is CCCN1C(=O)N/C(=C/c2cc(Cl)c(OC)c(OCC)c2)C1=O. The molecule has 6 nitrogen and oxygen atoms in total. The Bertz CT molecular complexity index is 658. The zero-order chi connectivity index (χ0) is 17.0. The molecule has 0 unspecified atom stereocenters. The van der Waals surface area contributed by atoms with Gasteiger partial charge in [-0.15, -0.1) is 0 Å². The van der Waals surface area contributed by atoms with Crippen molar-refractivity contribution in [1.29, 1.82) is 0 Å². The van der Waals surface area contributed by atoms with Crippen LogP contribution in [-0.2, 0) is 4.79 Å². The molecule has 3 amide bonds. The van der Waals surface area contributed by atoms with Crippen LogP contribution in [0.1, 0.15) is 25.8 Å². The van der Waals surface area contributed by atoms with Gasteiger partial charge in [0.2, 0.25) is 0 Å². The van der Waals surface area contributed by atoms with Gasteiger partial charge in [-0.3, -0.25) is 9.69 Å². The van der Waals surface area contributed by atoms with Gasteiger partial charge in [0.25, 0.3) is 5.91 Å². The number of hydrogen-bond acceptors (Lipinski definition) is 4. The smallest absolute Gasteiger partial charge is 0.329 e. The molecular weight excluding hydrogens is 320 g/mol. The first-order valence-corrected chi connectivity index (χ1v) is 7.74. The molecular formula is C16H19ClN2O4. The van der Waals surface area contributed by atoms with Gasteiger partial charge in [-0.25, -0.2) is 4.79 Å². The zero-order valence-corrected chi connectivity index (χ0v) is 14.1. The number of carbonyl (C=O) groups excluding carboxylic acids is 2. The molecule has 1 saturated heterocycles. The highest BCUT2D eigenvalue weighted by Crippen LogP contribution is 2.37. The van der Waals surface area contributed by atoms with Crippen LogP contribution in [-0.4, -0.2) is 37.1 Å². The quantitative estimate of drug-likeness (QED) is 0.639. The van der Waals surface area contributed by atoms with Crippen LogP contribution in [0.3, 0.4) is 0 Å². The lowest BCUT2D eigenvalue weighted by molar-refractivity contribution is -0.122. The van der Waals surface area contributed by atoms with Crippen LogP contribution < -0.4 is 14.8 Å². The fraction of sp³-hybridized carbons (Fsp3) is 0.375. The first kappa shape index (κ1) is 17.1. The van der Waals surface area contributed by atoms with Crippen molar-refractivity contribution in [3.05, 3.63) is 28.4 Å². The van der Waals surface area contributed by atoms with Crippen LogP contribution in [0, 0.1) is 0 Å². The third kappa shape index (κ3) is 3.59. The van der Waals surface area contributed by atoms with Gasteiger partial charge >= 0.3 is 6.03 Å². The number of carbonyl (C=O) groups is 2. The number of hydrogen-bond donors (Lipinski definition) is 1. The normalized spacial score (nSPS) is 16.0. The minimum atomic E-state index is -0.409. The number of nitrogens with one attached hydrogen (secondary N) is 1. The number of halogens is 1. The summed E-state index contributed by atoms with van der Waals surface area (Å²) in [7, 11) is 1.51. The summed E-state index contributed by atoms with van der Waals surface area (Å²) in [5.74, 6) is 0.573. The van der Waals surface area contributed by atoms with E-state index in [-0.39, 0.29) is 11.6 Å². The molecule has 124 valence electrons. The number of rotatable bonds is 6. The summed E-state index contributed by atoms with van der Waals surface area (Å²) < 4.78 is 10.7. The molecule has 1 N–H and O–H groups in total. The van der Waals surface area contributed by atoms with E-state index in [1.54, 1.807) is 18.2 Å². The Kier molecular flexibility index (Phi) is 5.50. The lowest BCUT2D eigenvalue weighted by atomic mass is 10.1. The average molecular weight is 339 g/mol. The van der Waals surface area contributed by atoms with E-state index in [0.717, 1.165) is 0 Å². The number of benzene rings is 1. The van der Waals surface area contributed by atoms with Gasteiger partial charge in [-0.1, -0.05) is 18.5 Å². The molecule has 0 spiro atoms. The number of amides is 3. The average Bonchev–Trinajstić information content (AvgIpc) is 2.75. The standard InChI is InChI=1S/C16H19ClN2O4/c1-4-6-19-15(20)12(18-16(19)21)8-10-7-11(17)14(22-3)13(9-10)23-5-2/h7-9H,4-6H2,1-3H3,(H,18,21)/b12-8+. The Morgan fingerprint density at radius 1 is 1.30 bits per heavy atom. The van der Waals surface area contributed by atoms with Gasteiger partial charge in [0, 0.05) is 6.54 Å². The summed E-state index contributed by atoms with van der Waals surface area (Å²) in [5, 5.41) is 2.94. The van der Waals surface area contributed by atoms with E-state index in [2.05, 4.69) is 5.32 Å². The van der Waals surface area contributed by atoms with E-state index < -0.39 is 6.03 Å². The van der Waals surface area contributed by atoms with Gasteiger partial charge in [-0.05, 0) is 37.1 Å². The number of nitrogens with zero attached hydrogens (tertiary/aromatic N) is 1. The molecule has 1 aromatic carbocycles. The van der Waals surface area contributed by atoms with Gasteiger partial charge < -0.3 is 14.8 Å². The second-order valence-corrected chi connectivity index (χ2v) is 5.32. The van der Waals surface area contributed by atoms with Crippen molar-refractivity contribution < 1.29 is 19.1 Å². The third-order valence-corrected chi connectivity index (χ3v) is 3.54. The second kappa shape index (κ2) is 7.37. The molecule has 0 atom stereocenters. The summed E-state index contributed by atoms with van der Waals surface area (Å²) in [5.41, 5.74) is 0.855. The molecule has 1 aliphatic rings. The maximum Gasteiger partial charge on any atom is 0.329 e. The third-order valence-electron chi connectivity index (χ3n) is 3.26. The van der Waals surface area contributed by atoms with Gasteiger partial charge in [-0.2, -0.15) is 0 Å². The van der Waals surface area contributed by atoms with Crippen molar-refractivity contribution in [1.82, 2.24) is 10.2 Å². The van der Waals surface area contributed by atoms with E-state index >= 15 is 0 Å². The van der Waals surface area contributed by atoms with E-state index in [1.807, 2.05) is 13.8 Å².